The normalized spacial score (nSPS) is 11.3. The lowest BCUT2D eigenvalue weighted by Gasteiger charge is -2.17. The van der Waals surface area contributed by atoms with E-state index in [9.17, 15) is 74.6 Å². The molecule has 0 aliphatic carbocycles. The fraction of sp³-hybridized carbons (Fsp3) is 0.100. The first-order valence-electron chi connectivity index (χ1n) is 16.2. The predicted octanol–water partition coefficient (Wildman–Crippen LogP) is 9.09. The summed E-state index contributed by atoms with van der Waals surface area (Å²) in [6.07, 6.45) is 0. The molecule has 0 aliphatic heterocycles. The average Bonchev–Trinajstić information content (AvgIpc) is 3.21. The molecular formula is C40H18BF17I+. The third-order valence-electron chi connectivity index (χ3n) is 8.55. The predicted molar refractivity (Wildman–Crippen MR) is 177 cm³/mol. The number of hydrogen-bond donors (Lipinski definition) is 0. The molecule has 6 aromatic carbocycles. The summed E-state index contributed by atoms with van der Waals surface area (Å²) in [5, 5.41) is 0. The highest BCUT2D eigenvalue weighted by molar-refractivity contribution is 6.32. The van der Waals surface area contributed by atoms with E-state index in [1.807, 2.05) is 0 Å². The third kappa shape index (κ3) is 8.01. The van der Waals surface area contributed by atoms with Gasteiger partial charge in [-0.25, -0.2) is 74.6 Å². The molecule has 0 amide bonds. The van der Waals surface area contributed by atoms with E-state index >= 15 is 0 Å². The Kier molecular flexibility index (Phi) is 13.2. The van der Waals surface area contributed by atoms with Crippen molar-refractivity contribution in [3.63, 3.8) is 0 Å². The summed E-state index contributed by atoms with van der Waals surface area (Å²) in [6, 6.07) is 18.1. The maximum absolute atomic E-state index is 14.9. The van der Waals surface area contributed by atoms with Crippen LogP contribution in [0.25, 0.3) is 33.4 Å². The summed E-state index contributed by atoms with van der Waals surface area (Å²) < 4.78 is 246. The van der Waals surface area contributed by atoms with Crippen LogP contribution in [0.15, 0.2) is 48.5 Å². The van der Waals surface area contributed by atoms with Gasteiger partial charge < -0.3 is 0 Å². The van der Waals surface area contributed by atoms with Gasteiger partial charge in [-0.15, -0.1) is 0 Å². The maximum Gasteiger partial charge on any atom is 0.357 e. The van der Waals surface area contributed by atoms with E-state index in [1.54, 1.807) is 0 Å². The van der Waals surface area contributed by atoms with Crippen molar-refractivity contribution in [1.29, 1.82) is 0 Å². The van der Waals surface area contributed by atoms with Crippen LogP contribution in [0.3, 0.4) is 0 Å². The zero-order valence-corrected chi connectivity index (χ0v) is 31.7. The summed E-state index contributed by atoms with van der Waals surface area (Å²) in [5.41, 5.74) is -14.9. The highest BCUT2D eigenvalue weighted by Crippen LogP contribution is 2.44. The van der Waals surface area contributed by atoms with Crippen LogP contribution in [-0.4, -0.2) is 7.85 Å². The second-order valence-electron chi connectivity index (χ2n) is 12.6. The molecule has 19 heteroatoms. The zero-order valence-electron chi connectivity index (χ0n) is 29.6. The van der Waals surface area contributed by atoms with Crippen molar-refractivity contribution in [2.75, 3.05) is 0 Å². The molecule has 0 fully saturated rings. The standard InChI is InChI=1S/C24BF17.C16H18I/c25-7-20(38)16(34)5(17(35)21(7)39)3-12(30)8(26)1(9(27)13(3)31)2-10(28)14(32)4(15(33)11(2)29)6-18(36)22(40)24(42)23(41)19(6)37;1-12(2)14-6-10-16(11-7-14)17-15-8-4-13(3)5-9-15/h;4-12H,1-3H3/q;+1. The van der Waals surface area contributed by atoms with E-state index in [0.717, 1.165) is 0 Å². The Balaban J connectivity index is 0.000000323. The van der Waals surface area contributed by atoms with Crippen LogP contribution in [0.4, 0.5) is 74.6 Å². The number of aryl methyl sites for hydroxylation is 1. The smallest absolute Gasteiger partial charge is 0.204 e. The molecule has 6 aromatic rings. The summed E-state index contributed by atoms with van der Waals surface area (Å²) >= 11 is -0.0167. The van der Waals surface area contributed by atoms with Gasteiger partial charge in [-0.05, 0) is 48.1 Å². The molecule has 0 aromatic heterocycles. The van der Waals surface area contributed by atoms with Gasteiger partial charge in [0.25, 0.3) is 0 Å². The van der Waals surface area contributed by atoms with E-state index in [1.165, 1.54) is 18.3 Å². The fourth-order valence-corrected chi connectivity index (χ4v) is 7.62. The van der Waals surface area contributed by atoms with Crippen molar-refractivity contribution < 1.29 is 95.8 Å². The van der Waals surface area contributed by atoms with E-state index in [4.69, 9.17) is 7.85 Å². The molecule has 0 saturated heterocycles. The lowest BCUT2D eigenvalue weighted by Crippen LogP contribution is -3.61. The molecule has 6 rings (SSSR count). The van der Waals surface area contributed by atoms with Crippen molar-refractivity contribution in [3.8, 4) is 33.4 Å². The number of hydrogen-bond acceptors (Lipinski definition) is 0. The zero-order chi connectivity index (χ0) is 44.1. The van der Waals surface area contributed by atoms with Crippen LogP contribution in [0.1, 0.15) is 30.9 Å². The van der Waals surface area contributed by atoms with Gasteiger partial charge in [-0.3, -0.25) is 0 Å². The molecule has 306 valence electrons. The monoisotopic (exact) mass is 959 g/mol. The average molecular weight is 959 g/mol. The Labute approximate surface area is 334 Å². The molecular weight excluding hydrogens is 941 g/mol. The minimum Gasteiger partial charge on any atom is -0.204 e. The molecule has 0 bridgehead atoms. The van der Waals surface area contributed by atoms with Crippen LogP contribution in [0.2, 0.25) is 0 Å². The topological polar surface area (TPSA) is 0 Å². The first kappa shape index (κ1) is 45.0. The highest BCUT2D eigenvalue weighted by atomic mass is 127. The second kappa shape index (κ2) is 17.3. The summed E-state index contributed by atoms with van der Waals surface area (Å²) in [4.78, 5) is 0. The molecule has 0 unspecified atom stereocenters. The molecule has 0 aliphatic rings. The Morgan fingerprint density at radius 3 is 0.831 bits per heavy atom. The molecule has 0 saturated carbocycles. The number of halogens is 18. The van der Waals surface area contributed by atoms with E-state index in [-0.39, 0.29) is 21.2 Å². The van der Waals surface area contributed by atoms with Crippen molar-refractivity contribution in [2.45, 2.75) is 26.7 Å². The van der Waals surface area contributed by atoms with Gasteiger partial charge >= 0.3 is 21.2 Å². The Hall–Kier alpha value is -5.08. The Bertz CT molecular complexity index is 2390. The van der Waals surface area contributed by atoms with Gasteiger partial charge in [-0.2, -0.15) is 0 Å². The van der Waals surface area contributed by atoms with Crippen molar-refractivity contribution >= 4 is 13.3 Å². The highest BCUT2D eigenvalue weighted by Gasteiger charge is 2.39. The van der Waals surface area contributed by atoms with Gasteiger partial charge in [0.2, 0.25) is 5.82 Å². The molecule has 0 heterocycles. The molecule has 0 N–H and O–H groups in total. The summed E-state index contributed by atoms with van der Waals surface area (Å²) in [6.45, 7) is 6.62. The van der Waals surface area contributed by atoms with E-state index in [0.29, 0.717) is 5.92 Å². The van der Waals surface area contributed by atoms with Crippen LogP contribution in [0.5, 0.6) is 0 Å². The van der Waals surface area contributed by atoms with Gasteiger partial charge in [-0.1, -0.05) is 43.7 Å². The van der Waals surface area contributed by atoms with Gasteiger partial charge in [0.15, 0.2) is 100 Å². The molecule has 0 nitrogen and oxygen atoms in total. The third-order valence-corrected chi connectivity index (χ3v) is 11.2. The van der Waals surface area contributed by atoms with Crippen LogP contribution < -0.4 is 26.7 Å². The number of benzene rings is 6. The first-order chi connectivity index (χ1) is 27.5. The largest absolute Gasteiger partial charge is 0.357 e. The Morgan fingerprint density at radius 1 is 0.339 bits per heavy atom. The lowest BCUT2D eigenvalue weighted by molar-refractivity contribution is -0.597. The molecule has 0 spiro atoms. The number of rotatable bonds is 6. The molecule has 59 heavy (non-hydrogen) atoms. The van der Waals surface area contributed by atoms with Crippen molar-refractivity contribution in [3.05, 3.63) is 166 Å². The fourth-order valence-electron chi connectivity index (χ4n) is 5.47. The quantitative estimate of drug-likeness (QED) is 0.0515. The van der Waals surface area contributed by atoms with Crippen LogP contribution in [-0.2, 0) is 0 Å². The van der Waals surface area contributed by atoms with Crippen molar-refractivity contribution in [1.82, 2.24) is 0 Å². The minimum atomic E-state index is -3.14. The van der Waals surface area contributed by atoms with E-state index in [2.05, 4.69) is 69.3 Å². The van der Waals surface area contributed by atoms with Crippen LogP contribution in [0, 0.1) is 113 Å². The van der Waals surface area contributed by atoms with Crippen molar-refractivity contribution in [2.24, 2.45) is 0 Å². The van der Waals surface area contributed by atoms with Gasteiger partial charge in [0.1, 0.15) is 7.85 Å². The second-order valence-corrected chi connectivity index (χ2v) is 15.6. The maximum atomic E-state index is 14.9. The summed E-state index contributed by atoms with van der Waals surface area (Å²) in [5.74, 6) is -49.4. The summed E-state index contributed by atoms with van der Waals surface area (Å²) in [7, 11) is 4.70. The first-order valence-corrected chi connectivity index (χ1v) is 18.4. The SMILES string of the molecule is Cc1ccc([I+]c2ccc(C(C)C)cc2)cc1.[B]c1c(F)c(F)c(-c2c(F)c(F)c(-c3c(F)c(F)c(-c4c(F)c(F)c(F)c(F)c4F)c(F)c3F)c(F)c2F)c(F)c1F. The van der Waals surface area contributed by atoms with Gasteiger partial charge in [0.05, 0.1) is 33.4 Å². The Morgan fingerprint density at radius 2 is 0.559 bits per heavy atom. The van der Waals surface area contributed by atoms with Gasteiger partial charge in [0, 0.05) is 0 Å². The molecule has 2 radical (unpaired) electrons. The lowest BCUT2D eigenvalue weighted by atomic mass is 9.89. The molecule has 0 atom stereocenters. The van der Waals surface area contributed by atoms with Crippen LogP contribution >= 0.6 is 0 Å². The van der Waals surface area contributed by atoms with E-state index < -0.39 is 138 Å². The minimum absolute atomic E-state index is 0.0167.